The van der Waals surface area contributed by atoms with Crippen molar-refractivity contribution in [2.24, 2.45) is 0 Å². The van der Waals surface area contributed by atoms with E-state index in [1.165, 1.54) is 23.5 Å². The highest BCUT2D eigenvalue weighted by atomic mass is 32.2. The highest BCUT2D eigenvalue weighted by Gasteiger charge is 2.08. The van der Waals surface area contributed by atoms with Gasteiger partial charge in [-0.15, -0.1) is 58.8 Å². The van der Waals surface area contributed by atoms with Crippen LogP contribution in [0.15, 0.2) is 0 Å². The summed E-state index contributed by atoms with van der Waals surface area (Å²) in [5, 5.41) is 20.3. The van der Waals surface area contributed by atoms with E-state index in [0.29, 0.717) is 40.3 Å². The summed E-state index contributed by atoms with van der Waals surface area (Å²) in [5.74, 6) is 7.99. The third-order valence-electron chi connectivity index (χ3n) is 3.47. The summed E-state index contributed by atoms with van der Waals surface area (Å²) >= 11 is 11.0. The second-order valence-corrected chi connectivity index (χ2v) is 19.5. The Kier molecular flexibility index (Phi) is 31.9. The molecule has 208 valence electrons. The Morgan fingerprint density at radius 1 is 0.543 bits per heavy atom. The van der Waals surface area contributed by atoms with Gasteiger partial charge in [0.05, 0.1) is 24.7 Å². The molecule has 0 saturated heterocycles. The molecular formula is C19H36O6S10. The summed E-state index contributed by atoms with van der Waals surface area (Å²) in [6.07, 6.45) is 0. The minimum Gasteiger partial charge on any atom is -0.616 e. The van der Waals surface area contributed by atoms with Crippen LogP contribution in [0.4, 0.5) is 0 Å². The van der Waals surface area contributed by atoms with Crippen molar-refractivity contribution in [2.45, 2.75) is 0 Å². The molecule has 0 rings (SSSR count). The van der Waals surface area contributed by atoms with E-state index in [0.717, 1.165) is 44.0 Å². The van der Waals surface area contributed by atoms with Crippen molar-refractivity contribution >= 4 is 127 Å². The molecule has 0 bridgehead atoms. The van der Waals surface area contributed by atoms with Crippen LogP contribution in [-0.2, 0) is 31.9 Å². The molecule has 0 aromatic heterocycles. The second-order valence-electron chi connectivity index (χ2n) is 6.27. The fraction of sp³-hybridized carbons (Fsp3) is 0.895. The largest absolute Gasteiger partial charge is 0.616 e. The van der Waals surface area contributed by atoms with Crippen molar-refractivity contribution in [1.82, 2.24) is 0 Å². The van der Waals surface area contributed by atoms with E-state index in [1.807, 2.05) is 0 Å². The van der Waals surface area contributed by atoms with Gasteiger partial charge in [-0.3, -0.25) is 9.59 Å². The molecule has 0 aromatic carbocycles. The Morgan fingerprint density at radius 2 is 0.971 bits per heavy atom. The Labute approximate surface area is 250 Å². The number of carbonyl (C=O) groups excluding carboxylic acids is 2. The van der Waals surface area contributed by atoms with Crippen molar-refractivity contribution in [3.05, 3.63) is 0 Å². The molecule has 0 aromatic rings. The average molecular weight is 681 g/mol. The quantitative estimate of drug-likeness (QED) is 0.0790. The molecule has 0 radical (unpaired) electrons. The number of carbonyl (C=O) groups is 2. The number of aliphatic hydroxyl groups is 2. The van der Waals surface area contributed by atoms with E-state index in [2.05, 4.69) is 0 Å². The number of rotatable bonds is 26. The summed E-state index contributed by atoms with van der Waals surface area (Å²) in [5.41, 5.74) is 0. The standard InChI is InChI=1S/C19H36O6S10/c20-1-3-32-18(22)13-30-17-29-8-12-35(25)11-7-27-15-26-4-5-33-19(23)14-31-16-28-6-10-34(24)9-2-21/h20-21H,1-17H2. The minimum atomic E-state index is -0.937. The van der Waals surface area contributed by atoms with Gasteiger partial charge in [0.15, 0.2) is 10.2 Å². The molecule has 35 heavy (non-hydrogen) atoms. The first kappa shape index (κ1) is 37.7. The van der Waals surface area contributed by atoms with Crippen LogP contribution < -0.4 is 0 Å². The van der Waals surface area contributed by atoms with Crippen LogP contribution in [0.1, 0.15) is 0 Å². The van der Waals surface area contributed by atoms with Crippen molar-refractivity contribution in [1.29, 1.82) is 0 Å². The number of aliphatic hydroxyl groups excluding tert-OH is 2. The van der Waals surface area contributed by atoms with Gasteiger partial charge in [-0.25, -0.2) is 0 Å². The van der Waals surface area contributed by atoms with Gasteiger partial charge in [0.2, 0.25) is 0 Å². The molecule has 0 aliphatic heterocycles. The van der Waals surface area contributed by atoms with E-state index >= 15 is 0 Å². The summed E-state index contributed by atoms with van der Waals surface area (Å²) in [7, 11) is 0. The first-order valence-corrected chi connectivity index (χ1v) is 22.6. The smallest absolute Gasteiger partial charge is 0.198 e. The summed E-state index contributed by atoms with van der Waals surface area (Å²) < 4.78 is 23.4. The van der Waals surface area contributed by atoms with Crippen LogP contribution in [-0.4, -0.2) is 127 Å². The lowest BCUT2D eigenvalue weighted by atomic mass is 10.9. The van der Waals surface area contributed by atoms with Crippen molar-refractivity contribution in [3.8, 4) is 0 Å². The molecule has 0 heterocycles. The molecule has 2 atom stereocenters. The molecule has 16 heteroatoms. The molecule has 0 fully saturated rings. The molecule has 2 unspecified atom stereocenters. The van der Waals surface area contributed by atoms with Crippen LogP contribution in [0.5, 0.6) is 0 Å². The highest BCUT2D eigenvalue weighted by molar-refractivity contribution is 8.21. The average Bonchev–Trinajstić information content (AvgIpc) is 2.83. The van der Waals surface area contributed by atoms with E-state index in [9.17, 15) is 18.7 Å². The fourth-order valence-corrected chi connectivity index (χ4v) is 13.0. The molecule has 2 N–H and O–H groups in total. The molecule has 0 aliphatic rings. The van der Waals surface area contributed by atoms with E-state index in [4.69, 9.17) is 10.2 Å². The van der Waals surface area contributed by atoms with Crippen LogP contribution in [0, 0.1) is 0 Å². The second kappa shape index (κ2) is 29.7. The van der Waals surface area contributed by atoms with Crippen LogP contribution in [0.3, 0.4) is 0 Å². The number of hydrogen-bond acceptors (Lipinski definition) is 14. The maximum absolute atomic E-state index is 12.0. The fourth-order valence-electron chi connectivity index (χ4n) is 1.88. The Morgan fingerprint density at radius 3 is 1.46 bits per heavy atom. The van der Waals surface area contributed by atoms with Gasteiger partial charge in [-0.05, 0) is 0 Å². The molecule has 0 amide bonds. The van der Waals surface area contributed by atoms with Crippen molar-refractivity contribution in [3.63, 3.8) is 0 Å². The normalized spacial score (nSPS) is 13.1. The zero-order chi connectivity index (χ0) is 26.0. The molecule has 6 nitrogen and oxygen atoms in total. The molecule has 0 saturated carbocycles. The Bertz CT molecular complexity index is 509. The van der Waals surface area contributed by atoms with Crippen molar-refractivity contribution in [2.75, 3.05) is 97.5 Å². The van der Waals surface area contributed by atoms with Crippen molar-refractivity contribution < 1.29 is 28.9 Å². The minimum absolute atomic E-state index is 0.0275. The zero-order valence-corrected chi connectivity index (χ0v) is 27.8. The number of thioether (sulfide) groups is 8. The van der Waals surface area contributed by atoms with E-state index in [1.54, 1.807) is 70.6 Å². The Hall–Kier alpha value is 2.68. The topological polar surface area (TPSA) is 121 Å². The van der Waals surface area contributed by atoms with Crippen LogP contribution in [0.25, 0.3) is 0 Å². The van der Waals surface area contributed by atoms with Gasteiger partial charge < -0.3 is 19.3 Å². The SMILES string of the molecule is O=C(CSCSCC[S+]([O-])CCSCSCCSC(=O)CSCSCC[S+]([O-])CCO)SCCO. The summed E-state index contributed by atoms with van der Waals surface area (Å²) in [6.45, 7) is -0.00526. The summed E-state index contributed by atoms with van der Waals surface area (Å²) in [6, 6.07) is 0. The maximum Gasteiger partial charge on any atom is 0.198 e. The van der Waals surface area contributed by atoms with Gasteiger partial charge in [0.1, 0.15) is 23.0 Å². The van der Waals surface area contributed by atoms with Gasteiger partial charge in [0, 0.05) is 49.8 Å². The predicted molar refractivity (Wildman–Crippen MR) is 174 cm³/mol. The maximum atomic E-state index is 12.0. The molecular weight excluding hydrogens is 645 g/mol. The lowest BCUT2D eigenvalue weighted by molar-refractivity contribution is -0.109. The first-order valence-electron chi connectivity index (χ1n) is 10.7. The summed E-state index contributed by atoms with van der Waals surface area (Å²) in [4.78, 5) is 23.3. The lowest BCUT2D eigenvalue weighted by Crippen LogP contribution is -2.15. The predicted octanol–water partition coefficient (Wildman–Crippen LogP) is 3.26. The third kappa shape index (κ3) is 29.5. The zero-order valence-electron chi connectivity index (χ0n) is 19.6. The van der Waals surface area contributed by atoms with Crippen LogP contribution >= 0.6 is 94.1 Å². The van der Waals surface area contributed by atoms with Crippen LogP contribution in [0.2, 0.25) is 0 Å². The molecule has 0 aliphatic carbocycles. The highest BCUT2D eigenvalue weighted by Crippen LogP contribution is 2.19. The van der Waals surface area contributed by atoms with Gasteiger partial charge in [-0.1, -0.05) is 45.9 Å². The molecule has 0 spiro atoms. The Balaban J connectivity index is 3.34. The lowest BCUT2D eigenvalue weighted by Gasteiger charge is -2.10. The third-order valence-corrected chi connectivity index (χ3v) is 16.1. The van der Waals surface area contributed by atoms with E-state index in [-0.39, 0.29) is 23.4 Å². The van der Waals surface area contributed by atoms with Gasteiger partial charge in [0.25, 0.3) is 0 Å². The number of hydrogen-bond donors (Lipinski definition) is 2. The monoisotopic (exact) mass is 680 g/mol. The van der Waals surface area contributed by atoms with E-state index < -0.39 is 22.4 Å². The van der Waals surface area contributed by atoms with Gasteiger partial charge >= 0.3 is 0 Å². The van der Waals surface area contributed by atoms with Gasteiger partial charge in [-0.2, -0.15) is 11.8 Å². The first-order chi connectivity index (χ1) is 17.0.